The molecule has 0 fully saturated rings. The van der Waals surface area contributed by atoms with Gasteiger partial charge in [-0.05, 0) is 24.6 Å². The SMILES string of the molecule is Cc1cccnc1CNc1c(C#N)nnc2ccccc12. The minimum Gasteiger partial charge on any atom is -0.376 e. The van der Waals surface area contributed by atoms with Gasteiger partial charge in [0.25, 0.3) is 0 Å². The molecule has 5 nitrogen and oxygen atoms in total. The Morgan fingerprint density at radius 1 is 1.14 bits per heavy atom. The van der Waals surface area contributed by atoms with Gasteiger partial charge >= 0.3 is 0 Å². The maximum atomic E-state index is 9.22. The summed E-state index contributed by atoms with van der Waals surface area (Å²) in [6.07, 6.45) is 1.76. The van der Waals surface area contributed by atoms with E-state index < -0.39 is 0 Å². The number of pyridine rings is 1. The first kappa shape index (κ1) is 13.0. The molecule has 2 heterocycles. The van der Waals surface area contributed by atoms with Crippen LogP contribution in [0.2, 0.25) is 0 Å². The number of nitriles is 1. The van der Waals surface area contributed by atoms with E-state index >= 15 is 0 Å². The van der Waals surface area contributed by atoms with Gasteiger partial charge in [0.2, 0.25) is 0 Å². The van der Waals surface area contributed by atoms with Crippen molar-refractivity contribution in [3.05, 3.63) is 59.5 Å². The quantitative estimate of drug-likeness (QED) is 0.795. The molecule has 0 amide bonds. The molecular formula is C16H13N5. The standard InChI is InChI=1S/C16H13N5/c1-11-5-4-8-18-15(11)10-19-16-12-6-2-3-7-13(12)20-21-14(16)9-17/h2-8H,10H2,1H3,(H,19,20). The summed E-state index contributed by atoms with van der Waals surface area (Å²) in [5.74, 6) is 0. The summed E-state index contributed by atoms with van der Waals surface area (Å²) >= 11 is 0. The maximum Gasteiger partial charge on any atom is 0.186 e. The van der Waals surface area contributed by atoms with Crippen LogP contribution >= 0.6 is 0 Å². The molecular weight excluding hydrogens is 262 g/mol. The Bertz CT molecular complexity index is 835. The monoisotopic (exact) mass is 275 g/mol. The molecule has 5 heteroatoms. The molecule has 0 aliphatic heterocycles. The molecule has 21 heavy (non-hydrogen) atoms. The highest BCUT2D eigenvalue weighted by molar-refractivity contribution is 5.92. The van der Waals surface area contributed by atoms with Crippen molar-refractivity contribution in [3.63, 3.8) is 0 Å². The van der Waals surface area contributed by atoms with Crippen LogP contribution in [-0.2, 0) is 6.54 Å². The molecule has 0 atom stereocenters. The minimum absolute atomic E-state index is 0.294. The van der Waals surface area contributed by atoms with Gasteiger partial charge in [0.1, 0.15) is 6.07 Å². The topological polar surface area (TPSA) is 74.5 Å². The number of aromatic nitrogens is 3. The van der Waals surface area contributed by atoms with E-state index in [4.69, 9.17) is 0 Å². The largest absolute Gasteiger partial charge is 0.376 e. The van der Waals surface area contributed by atoms with Crippen LogP contribution < -0.4 is 5.32 Å². The fourth-order valence-corrected chi connectivity index (χ4v) is 2.19. The van der Waals surface area contributed by atoms with Crippen LogP contribution in [0.1, 0.15) is 17.0 Å². The molecule has 1 N–H and O–H groups in total. The molecule has 0 spiro atoms. The van der Waals surface area contributed by atoms with Crippen LogP contribution in [0.25, 0.3) is 10.9 Å². The number of hydrogen-bond donors (Lipinski definition) is 1. The van der Waals surface area contributed by atoms with Crippen LogP contribution in [0.3, 0.4) is 0 Å². The van der Waals surface area contributed by atoms with Crippen molar-refractivity contribution in [2.24, 2.45) is 0 Å². The predicted octanol–water partition coefficient (Wildman–Crippen LogP) is 2.82. The normalized spacial score (nSPS) is 10.3. The van der Waals surface area contributed by atoms with E-state index in [9.17, 15) is 5.26 Å². The summed E-state index contributed by atoms with van der Waals surface area (Å²) in [6, 6.07) is 13.6. The molecule has 0 radical (unpaired) electrons. The van der Waals surface area contributed by atoms with Crippen LogP contribution in [-0.4, -0.2) is 15.2 Å². The number of nitrogens with zero attached hydrogens (tertiary/aromatic N) is 4. The molecule has 0 aliphatic carbocycles. The van der Waals surface area contributed by atoms with E-state index in [0.29, 0.717) is 17.9 Å². The zero-order valence-electron chi connectivity index (χ0n) is 11.5. The Morgan fingerprint density at radius 3 is 2.81 bits per heavy atom. The molecule has 3 rings (SSSR count). The smallest absolute Gasteiger partial charge is 0.186 e. The summed E-state index contributed by atoms with van der Waals surface area (Å²) in [5, 5.41) is 21.4. The first-order valence-electron chi connectivity index (χ1n) is 6.59. The summed E-state index contributed by atoms with van der Waals surface area (Å²) in [7, 11) is 0. The minimum atomic E-state index is 0.294. The Labute approximate surface area is 122 Å². The fourth-order valence-electron chi connectivity index (χ4n) is 2.19. The van der Waals surface area contributed by atoms with Gasteiger partial charge in [0, 0.05) is 11.6 Å². The second-order valence-electron chi connectivity index (χ2n) is 4.67. The molecule has 1 aromatic carbocycles. The Kier molecular flexibility index (Phi) is 3.44. The summed E-state index contributed by atoms with van der Waals surface area (Å²) in [4.78, 5) is 4.35. The van der Waals surface area contributed by atoms with E-state index in [1.807, 2.05) is 43.3 Å². The average Bonchev–Trinajstić information content (AvgIpc) is 2.53. The highest BCUT2D eigenvalue weighted by Crippen LogP contribution is 2.24. The van der Waals surface area contributed by atoms with Gasteiger partial charge in [0.05, 0.1) is 23.4 Å². The fraction of sp³-hybridized carbons (Fsp3) is 0.125. The van der Waals surface area contributed by atoms with Crippen molar-refractivity contribution in [3.8, 4) is 6.07 Å². The van der Waals surface area contributed by atoms with Crippen molar-refractivity contribution < 1.29 is 0 Å². The summed E-state index contributed by atoms with van der Waals surface area (Å²) in [5.41, 5.74) is 3.81. The summed E-state index contributed by atoms with van der Waals surface area (Å²) < 4.78 is 0. The molecule has 102 valence electrons. The van der Waals surface area contributed by atoms with Crippen LogP contribution in [0, 0.1) is 18.3 Å². The number of hydrogen-bond acceptors (Lipinski definition) is 5. The van der Waals surface area contributed by atoms with Gasteiger partial charge in [-0.25, -0.2) is 0 Å². The van der Waals surface area contributed by atoms with E-state index in [1.54, 1.807) is 6.20 Å². The van der Waals surface area contributed by atoms with Crippen LogP contribution in [0.5, 0.6) is 0 Å². The molecule has 2 aromatic heterocycles. The maximum absolute atomic E-state index is 9.22. The van der Waals surface area contributed by atoms with Crippen molar-refractivity contribution >= 4 is 16.6 Å². The Balaban J connectivity index is 2.00. The zero-order chi connectivity index (χ0) is 14.7. The third-order valence-corrected chi connectivity index (χ3v) is 3.32. The predicted molar refractivity (Wildman–Crippen MR) is 80.6 cm³/mol. The number of benzene rings is 1. The zero-order valence-corrected chi connectivity index (χ0v) is 11.5. The van der Waals surface area contributed by atoms with Gasteiger partial charge in [-0.2, -0.15) is 5.26 Å². The molecule has 0 saturated heterocycles. The number of rotatable bonds is 3. The Hall–Kier alpha value is -3.00. The molecule has 0 bridgehead atoms. The van der Waals surface area contributed by atoms with Crippen molar-refractivity contribution in [2.45, 2.75) is 13.5 Å². The highest BCUT2D eigenvalue weighted by Gasteiger charge is 2.10. The number of fused-ring (bicyclic) bond motifs is 1. The van der Waals surface area contributed by atoms with Gasteiger partial charge < -0.3 is 5.32 Å². The number of aryl methyl sites for hydroxylation is 1. The van der Waals surface area contributed by atoms with Crippen LogP contribution in [0.4, 0.5) is 5.69 Å². The van der Waals surface area contributed by atoms with E-state index in [-0.39, 0.29) is 0 Å². The molecule has 0 unspecified atom stereocenters. The number of anilines is 1. The first-order valence-corrected chi connectivity index (χ1v) is 6.59. The second-order valence-corrected chi connectivity index (χ2v) is 4.67. The van der Waals surface area contributed by atoms with E-state index in [2.05, 4.69) is 26.6 Å². The second kappa shape index (κ2) is 5.55. The average molecular weight is 275 g/mol. The Morgan fingerprint density at radius 2 is 2.00 bits per heavy atom. The number of nitrogens with one attached hydrogen (secondary N) is 1. The molecule has 0 saturated carbocycles. The third-order valence-electron chi connectivity index (χ3n) is 3.32. The lowest BCUT2D eigenvalue weighted by Crippen LogP contribution is -2.07. The lowest BCUT2D eigenvalue weighted by atomic mass is 10.1. The van der Waals surface area contributed by atoms with Gasteiger partial charge in [-0.1, -0.05) is 24.3 Å². The molecule has 3 aromatic rings. The van der Waals surface area contributed by atoms with Gasteiger partial charge in [-0.15, -0.1) is 10.2 Å². The lowest BCUT2D eigenvalue weighted by molar-refractivity contribution is 1.000. The summed E-state index contributed by atoms with van der Waals surface area (Å²) in [6.45, 7) is 2.55. The third kappa shape index (κ3) is 2.51. The first-order chi connectivity index (χ1) is 10.3. The highest BCUT2D eigenvalue weighted by atomic mass is 15.1. The lowest BCUT2D eigenvalue weighted by Gasteiger charge is -2.11. The van der Waals surface area contributed by atoms with Gasteiger partial charge in [0.15, 0.2) is 5.69 Å². The van der Waals surface area contributed by atoms with Crippen molar-refractivity contribution in [1.29, 1.82) is 5.26 Å². The molecule has 0 aliphatic rings. The van der Waals surface area contributed by atoms with Crippen molar-refractivity contribution in [1.82, 2.24) is 15.2 Å². The van der Waals surface area contributed by atoms with Crippen LogP contribution in [0.15, 0.2) is 42.6 Å². The van der Waals surface area contributed by atoms with Crippen molar-refractivity contribution in [2.75, 3.05) is 5.32 Å². The van der Waals surface area contributed by atoms with Gasteiger partial charge in [-0.3, -0.25) is 4.98 Å². The van der Waals surface area contributed by atoms with E-state index in [0.717, 1.165) is 22.2 Å². The van der Waals surface area contributed by atoms with E-state index in [1.165, 1.54) is 0 Å².